The van der Waals surface area contributed by atoms with Crippen molar-refractivity contribution in [1.29, 1.82) is 0 Å². The first-order chi connectivity index (χ1) is 12.2. The van der Waals surface area contributed by atoms with Crippen molar-refractivity contribution in [3.63, 3.8) is 0 Å². The fraction of sp³-hybridized carbons (Fsp3) is 0.333. The van der Waals surface area contributed by atoms with E-state index in [-0.39, 0.29) is 11.7 Å². The molecule has 0 unspecified atom stereocenters. The van der Waals surface area contributed by atoms with Crippen molar-refractivity contribution in [2.75, 3.05) is 5.32 Å². The molecule has 5 heteroatoms. The third-order valence-corrected chi connectivity index (χ3v) is 3.68. The summed E-state index contributed by atoms with van der Waals surface area (Å²) >= 11 is 0. The van der Waals surface area contributed by atoms with Crippen molar-refractivity contribution in [2.45, 2.75) is 40.0 Å². The average Bonchev–Trinajstić information content (AvgIpc) is 2.56. The summed E-state index contributed by atoms with van der Waals surface area (Å²) in [6.07, 6.45) is 1.04. The highest BCUT2D eigenvalue weighted by Crippen LogP contribution is 2.17. The Bertz CT molecular complexity index is 706. The third kappa shape index (κ3) is 7.83. The van der Waals surface area contributed by atoms with Crippen LogP contribution in [0.3, 0.4) is 0 Å². The van der Waals surface area contributed by atoms with Crippen LogP contribution in [0.1, 0.15) is 44.7 Å². The third-order valence-electron chi connectivity index (χ3n) is 3.68. The number of carbonyl (C=O) groups is 2. The molecule has 26 heavy (non-hydrogen) atoms. The molecule has 2 rings (SSSR count). The highest BCUT2D eigenvalue weighted by molar-refractivity contribution is 5.88. The number of carboxylic acid groups (broad SMARTS) is 1. The standard InChI is InChI=1S/C13H18O2.C8H9NO2/c1-9(2)8-11-4-6-12(7-5-11)10(3)13(14)15;1-6(10)9-7-2-4-8(11)5-3-7/h4-7,9-10H,8H2,1-3H3,(H,14,15);2-5,11H,1H3,(H,9,10)/t10-;/m0./s1. The van der Waals surface area contributed by atoms with Crippen LogP contribution in [0.4, 0.5) is 5.69 Å². The molecule has 2 aromatic rings. The molecule has 0 saturated carbocycles. The summed E-state index contributed by atoms with van der Waals surface area (Å²) in [6, 6.07) is 14.2. The van der Waals surface area contributed by atoms with E-state index in [1.54, 1.807) is 19.1 Å². The Balaban J connectivity index is 0.000000273. The number of aliphatic carboxylic acids is 1. The van der Waals surface area contributed by atoms with Gasteiger partial charge in [-0.25, -0.2) is 0 Å². The van der Waals surface area contributed by atoms with Gasteiger partial charge in [0.2, 0.25) is 5.91 Å². The van der Waals surface area contributed by atoms with Gasteiger partial charge < -0.3 is 15.5 Å². The normalized spacial score (nSPS) is 11.3. The zero-order valence-corrected chi connectivity index (χ0v) is 15.7. The number of amides is 1. The minimum atomic E-state index is -0.772. The second kappa shape index (κ2) is 10.2. The molecule has 0 aromatic heterocycles. The summed E-state index contributed by atoms with van der Waals surface area (Å²) in [5, 5.41) is 20.3. The van der Waals surface area contributed by atoms with Crippen LogP contribution in [0.15, 0.2) is 48.5 Å². The van der Waals surface area contributed by atoms with Crippen LogP contribution in [-0.4, -0.2) is 22.1 Å². The summed E-state index contributed by atoms with van der Waals surface area (Å²) in [5.74, 6) is -0.479. The predicted molar refractivity (Wildman–Crippen MR) is 103 cm³/mol. The largest absolute Gasteiger partial charge is 0.508 e. The van der Waals surface area contributed by atoms with E-state index in [1.165, 1.54) is 24.6 Å². The number of anilines is 1. The molecular weight excluding hydrogens is 330 g/mol. The second-order valence-electron chi connectivity index (χ2n) is 6.63. The first-order valence-corrected chi connectivity index (χ1v) is 8.57. The Morgan fingerprint density at radius 3 is 1.92 bits per heavy atom. The summed E-state index contributed by atoms with van der Waals surface area (Å²) in [5.41, 5.74) is 2.83. The van der Waals surface area contributed by atoms with Gasteiger partial charge in [-0.3, -0.25) is 9.59 Å². The van der Waals surface area contributed by atoms with Gasteiger partial charge in [0, 0.05) is 12.6 Å². The smallest absolute Gasteiger partial charge is 0.310 e. The SMILES string of the molecule is CC(=O)Nc1ccc(O)cc1.CC(C)Cc1ccc([C@H](C)C(=O)O)cc1. The number of hydrogen-bond donors (Lipinski definition) is 3. The first kappa shape index (κ1) is 21.2. The number of benzene rings is 2. The fourth-order valence-electron chi connectivity index (χ4n) is 2.30. The van der Waals surface area contributed by atoms with Gasteiger partial charge in [0.05, 0.1) is 5.92 Å². The Kier molecular flexibility index (Phi) is 8.35. The quantitative estimate of drug-likeness (QED) is 0.691. The van der Waals surface area contributed by atoms with E-state index in [4.69, 9.17) is 10.2 Å². The lowest BCUT2D eigenvalue weighted by atomic mass is 9.97. The van der Waals surface area contributed by atoms with Crippen molar-refractivity contribution >= 4 is 17.6 Å². The van der Waals surface area contributed by atoms with E-state index in [1.807, 2.05) is 24.3 Å². The Hall–Kier alpha value is -2.82. The predicted octanol–water partition coefficient (Wildman–Crippen LogP) is 4.42. The van der Waals surface area contributed by atoms with Crippen molar-refractivity contribution < 1.29 is 19.8 Å². The summed E-state index contributed by atoms with van der Waals surface area (Å²) in [6.45, 7) is 7.49. The average molecular weight is 357 g/mol. The van der Waals surface area contributed by atoms with Gasteiger partial charge in [-0.05, 0) is 54.7 Å². The molecule has 1 amide bonds. The van der Waals surface area contributed by atoms with Crippen molar-refractivity contribution in [3.8, 4) is 5.75 Å². The molecule has 140 valence electrons. The van der Waals surface area contributed by atoms with Gasteiger partial charge in [0.15, 0.2) is 0 Å². The number of rotatable bonds is 5. The second-order valence-corrected chi connectivity index (χ2v) is 6.63. The van der Waals surface area contributed by atoms with Gasteiger partial charge >= 0.3 is 5.97 Å². The van der Waals surface area contributed by atoms with Crippen molar-refractivity contribution in [1.82, 2.24) is 0 Å². The summed E-state index contributed by atoms with van der Waals surface area (Å²) < 4.78 is 0. The van der Waals surface area contributed by atoms with Crippen LogP contribution >= 0.6 is 0 Å². The number of carbonyl (C=O) groups excluding carboxylic acids is 1. The van der Waals surface area contributed by atoms with Crippen molar-refractivity contribution in [3.05, 3.63) is 59.7 Å². The number of phenols is 1. The van der Waals surface area contributed by atoms with Gasteiger partial charge in [-0.15, -0.1) is 0 Å². The minimum absolute atomic E-state index is 0.115. The van der Waals surface area contributed by atoms with E-state index in [9.17, 15) is 9.59 Å². The molecule has 0 saturated heterocycles. The molecule has 1 atom stereocenters. The molecule has 3 N–H and O–H groups in total. The molecule has 0 bridgehead atoms. The number of nitrogens with one attached hydrogen (secondary N) is 1. The van der Waals surface area contributed by atoms with Crippen LogP contribution in [0.5, 0.6) is 5.75 Å². The maximum Gasteiger partial charge on any atom is 0.310 e. The lowest BCUT2D eigenvalue weighted by Gasteiger charge is -2.09. The molecule has 0 fully saturated rings. The maximum absolute atomic E-state index is 10.8. The monoisotopic (exact) mass is 357 g/mol. The highest BCUT2D eigenvalue weighted by Gasteiger charge is 2.12. The molecule has 0 radical (unpaired) electrons. The topological polar surface area (TPSA) is 86.6 Å². The Labute approximate surface area is 154 Å². The zero-order chi connectivity index (χ0) is 19.7. The van der Waals surface area contributed by atoms with Crippen LogP contribution in [0.2, 0.25) is 0 Å². The molecule has 0 aliphatic rings. The molecule has 0 aliphatic carbocycles. The fourth-order valence-corrected chi connectivity index (χ4v) is 2.30. The van der Waals surface area contributed by atoms with E-state index in [0.29, 0.717) is 11.6 Å². The number of phenolic OH excluding ortho intramolecular Hbond substituents is 1. The van der Waals surface area contributed by atoms with Gasteiger partial charge in [-0.2, -0.15) is 0 Å². The van der Waals surface area contributed by atoms with Crippen molar-refractivity contribution in [2.24, 2.45) is 5.92 Å². The van der Waals surface area contributed by atoms with E-state index >= 15 is 0 Å². The number of aromatic hydroxyl groups is 1. The Morgan fingerprint density at radius 2 is 1.50 bits per heavy atom. The first-order valence-electron chi connectivity index (χ1n) is 8.57. The molecule has 0 aliphatic heterocycles. The van der Waals surface area contributed by atoms with E-state index in [0.717, 1.165) is 12.0 Å². The zero-order valence-electron chi connectivity index (χ0n) is 15.7. The Morgan fingerprint density at radius 1 is 0.962 bits per heavy atom. The van der Waals surface area contributed by atoms with Crippen LogP contribution in [-0.2, 0) is 16.0 Å². The molecule has 2 aromatic carbocycles. The van der Waals surface area contributed by atoms with Crippen LogP contribution < -0.4 is 5.32 Å². The van der Waals surface area contributed by atoms with Gasteiger partial charge in [0.1, 0.15) is 5.75 Å². The minimum Gasteiger partial charge on any atom is -0.508 e. The highest BCUT2D eigenvalue weighted by atomic mass is 16.4. The summed E-state index contributed by atoms with van der Waals surface area (Å²) in [4.78, 5) is 21.3. The molecule has 5 nitrogen and oxygen atoms in total. The summed E-state index contributed by atoms with van der Waals surface area (Å²) in [7, 11) is 0. The van der Waals surface area contributed by atoms with Crippen LogP contribution in [0, 0.1) is 5.92 Å². The number of hydrogen-bond acceptors (Lipinski definition) is 3. The van der Waals surface area contributed by atoms with Gasteiger partial charge in [-0.1, -0.05) is 38.1 Å². The molecule has 0 heterocycles. The molecular formula is C21H27NO4. The lowest BCUT2D eigenvalue weighted by Crippen LogP contribution is -2.07. The van der Waals surface area contributed by atoms with E-state index < -0.39 is 11.9 Å². The van der Waals surface area contributed by atoms with E-state index in [2.05, 4.69) is 19.2 Å². The van der Waals surface area contributed by atoms with Crippen LogP contribution in [0.25, 0.3) is 0 Å². The number of carboxylic acids is 1. The maximum atomic E-state index is 10.8. The van der Waals surface area contributed by atoms with Gasteiger partial charge in [0.25, 0.3) is 0 Å². The lowest BCUT2D eigenvalue weighted by molar-refractivity contribution is -0.138. The molecule has 0 spiro atoms.